The Hall–Kier alpha value is -2.70. The van der Waals surface area contributed by atoms with E-state index in [9.17, 15) is 9.59 Å². The number of urea groups is 1. The maximum Gasteiger partial charge on any atom is 0.337 e. The minimum absolute atomic E-state index is 0.284. The number of ether oxygens (including phenoxy) is 2. The predicted octanol–water partition coefficient (Wildman–Crippen LogP) is 4.37. The Morgan fingerprint density at radius 3 is 2.50 bits per heavy atom. The first-order valence-electron chi connectivity index (χ1n) is 8.42. The second kappa shape index (κ2) is 8.54. The van der Waals surface area contributed by atoms with E-state index in [1.165, 1.54) is 7.11 Å². The largest absolute Gasteiger partial charge is 0.489 e. The molecule has 0 aliphatic carbocycles. The molecular formula is C20H18Cl2N2O4. The standard InChI is InChI=1S/C20H18Cl2N2O4/c1-11-17(19(25)27-2)18(24-20(26)23-11)12-4-7-15(8-5-12)28-10-13-3-6-14(21)9-16(13)22/h3-9,18H,10H2,1-2H3,(H2,23,24,26). The van der Waals surface area contributed by atoms with Crippen LogP contribution >= 0.6 is 23.2 Å². The van der Waals surface area contributed by atoms with E-state index < -0.39 is 12.0 Å². The molecule has 0 saturated carbocycles. The number of nitrogens with one attached hydrogen (secondary N) is 2. The van der Waals surface area contributed by atoms with Gasteiger partial charge in [0.2, 0.25) is 0 Å². The zero-order valence-electron chi connectivity index (χ0n) is 15.2. The third-order valence-corrected chi connectivity index (χ3v) is 4.88. The van der Waals surface area contributed by atoms with Crippen molar-refractivity contribution in [1.82, 2.24) is 10.6 Å². The van der Waals surface area contributed by atoms with Crippen molar-refractivity contribution in [1.29, 1.82) is 0 Å². The Morgan fingerprint density at radius 1 is 1.14 bits per heavy atom. The van der Waals surface area contributed by atoms with E-state index >= 15 is 0 Å². The van der Waals surface area contributed by atoms with E-state index in [-0.39, 0.29) is 12.6 Å². The van der Waals surface area contributed by atoms with E-state index in [0.717, 1.165) is 11.1 Å². The number of halogens is 2. The number of carbonyl (C=O) groups excluding carboxylic acids is 2. The van der Waals surface area contributed by atoms with Gasteiger partial charge in [0.1, 0.15) is 12.4 Å². The first kappa shape index (κ1) is 20.0. The van der Waals surface area contributed by atoms with Gasteiger partial charge in [-0.2, -0.15) is 0 Å². The number of rotatable bonds is 5. The molecule has 8 heteroatoms. The van der Waals surface area contributed by atoms with Crippen LogP contribution in [0.25, 0.3) is 0 Å². The lowest BCUT2D eigenvalue weighted by Gasteiger charge is -2.27. The Kier molecular flexibility index (Phi) is 6.11. The molecule has 0 radical (unpaired) electrons. The second-order valence-electron chi connectivity index (χ2n) is 6.16. The smallest absolute Gasteiger partial charge is 0.337 e. The Bertz CT molecular complexity index is 942. The van der Waals surface area contributed by atoms with E-state index in [1.54, 1.807) is 49.4 Å². The molecule has 0 aromatic heterocycles. The summed E-state index contributed by atoms with van der Waals surface area (Å²) < 4.78 is 10.6. The summed E-state index contributed by atoms with van der Waals surface area (Å²) >= 11 is 12.0. The Morgan fingerprint density at radius 2 is 1.86 bits per heavy atom. The minimum atomic E-state index is -0.610. The van der Waals surface area contributed by atoms with Crippen LogP contribution < -0.4 is 15.4 Å². The molecule has 2 aromatic carbocycles. The number of allylic oxidation sites excluding steroid dienone is 1. The first-order valence-corrected chi connectivity index (χ1v) is 9.18. The van der Waals surface area contributed by atoms with Gasteiger partial charge < -0.3 is 20.1 Å². The molecule has 0 fully saturated rings. The SMILES string of the molecule is COC(=O)C1=C(C)NC(=O)NC1c1ccc(OCc2ccc(Cl)cc2Cl)cc1. The molecule has 2 N–H and O–H groups in total. The van der Waals surface area contributed by atoms with Crippen molar-refractivity contribution in [3.63, 3.8) is 0 Å². The summed E-state index contributed by atoms with van der Waals surface area (Å²) in [4.78, 5) is 24.0. The minimum Gasteiger partial charge on any atom is -0.489 e. The lowest BCUT2D eigenvalue weighted by molar-refractivity contribution is -0.136. The first-order chi connectivity index (χ1) is 13.4. The zero-order valence-corrected chi connectivity index (χ0v) is 16.7. The van der Waals surface area contributed by atoms with Gasteiger partial charge in [0, 0.05) is 21.3 Å². The number of esters is 1. The van der Waals surface area contributed by atoms with Crippen molar-refractivity contribution in [2.45, 2.75) is 19.6 Å². The normalized spacial score (nSPS) is 16.3. The third kappa shape index (κ3) is 4.40. The molecule has 0 spiro atoms. The summed E-state index contributed by atoms with van der Waals surface area (Å²) in [5, 5.41) is 6.42. The molecule has 1 unspecified atom stereocenters. The highest BCUT2D eigenvalue weighted by Gasteiger charge is 2.31. The van der Waals surface area contributed by atoms with Crippen LogP contribution in [-0.4, -0.2) is 19.1 Å². The van der Waals surface area contributed by atoms with Crippen LogP contribution in [0.1, 0.15) is 24.1 Å². The molecule has 6 nitrogen and oxygen atoms in total. The average Bonchev–Trinajstić information content (AvgIpc) is 2.66. The van der Waals surface area contributed by atoms with E-state index in [1.807, 2.05) is 0 Å². The van der Waals surface area contributed by atoms with Crippen LogP contribution in [0.5, 0.6) is 5.75 Å². The summed E-state index contributed by atoms with van der Waals surface area (Å²) in [5.74, 6) is 0.114. The maximum absolute atomic E-state index is 12.1. The maximum atomic E-state index is 12.1. The summed E-state index contributed by atoms with van der Waals surface area (Å²) in [7, 11) is 1.30. The van der Waals surface area contributed by atoms with Gasteiger partial charge in [0.25, 0.3) is 0 Å². The molecule has 2 amide bonds. The van der Waals surface area contributed by atoms with Gasteiger partial charge >= 0.3 is 12.0 Å². The highest BCUT2D eigenvalue weighted by atomic mass is 35.5. The summed E-state index contributed by atoms with van der Waals surface area (Å²) in [6.45, 7) is 1.94. The summed E-state index contributed by atoms with van der Waals surface area (Å²) in [6.07, 6.45) is 0. The molecular weight excluding hydrogens is 403 g/mol. The van der Waals surface area contributed by atoms with Crippen LogP contribution in [0.3, 0.4) is 0 Å². The van der Waals surface area contributed by atoms with Crippen molar-refractivity contribution < 1.29 is 19.1 Å². The van der Waals surface area contributed by atoms with Crippen molar-refractivity contribution >= 4 is 35.2 Å². The number of benzene rings is 2. The highest BCUT2D eigenvalue weighted by molar-refractivity contribution is 6.35. The molecule has 0 bridgehead atoms. The molecule has 3 rings (SSSR count). The second-order valence-corrected chi connectivity index (χ2v) is 7.00. The van der Waals surface area contributed by atoms with Crippen molar-refractivity contribution in [2.24, 2.45) is 0 Å². The quantitative estimate of drug-likeness (QED) is 0.703. The van der Waals surface area contributed by atoms with Crippen LogP contribution in [-0.2, 0) is 16.1 Å². The topological polar surface area (TPSA) is 76.7 Å². The highest BCUT2D eigenvalue weighted by Crippen LogP contribution is 2.29. The number of methoxy groups -OCH3 is 1. The van der Waals surface area contributed by atoms with Crippen molar-refractivity contribution in [3.8, 4) is 5.75 Å². The summed E-state index contributed by atoms with van der Waals surface area (Å²) in [6, 6.07) is 11.3. The molecule has 2 aromatic rings. The fraction of sp³-hybridized carbons (Fsp3) is 0.200. The lowest BCUT2D eigenvalue weighted by Crippen LogP contribution is -2.45. The lowest BCUT2D eigenvalue weighted by atomic mass is 9.95. The predicted molar refractivity (Wildman–Crippen MR) is 106 cm³/mol. The van der Waals surface area contributed by atoms with E-state index in [4.69, 9.17) is 32.7 Å². The molecule has 146 valence electrons. The third-order valence-electron chi connectivity index (χ3n) is 4.30. The summed E-state index contributed by atoms with van der Waals surface area (Å²) in [5.41, 5.74) is 2.35. The van der Waals surface area contributed by atoms with Gasteiger partial charge in [0.15, 0.2) is 0 Å². The molecule has 1 atom stereocenters. The fourth-order valence-corrected chi connectivity index (χ4v) is 3.34. The van der Waals surface area contributed by atoms with Gasteiger partial charge in [-0.1, -0.05) is 41.4 Å². The van der Waals surface area contributed by atoms with Gasteiger partial charge in [-0.15, -0.1) is 0 Å². The van der Waals surface area contributed by atoms with Gasteiger partial charge in [-0.3, -0.25) is 0 Å². The van der Waals surface area contributed by atoms with Crippen LogP contribution in [0, 0.1) is 0 Å². The molecule has 1 aliphatic heterocycles. The Labute approximate surface area is 172 Å². The number of hydrogen-bond donors (Lipinski definition) is 2. The zero-order chi connectivity index (χ0) is 20.3. The van der Waals surface area contributed by atoms with Crippen LogP contribution in [0.4, 0.5) is 4.79 Å². The van der Waals surface area contributed by atoms with Crippen LogP contribution in [0.2, 0.25) is 10.0 Å². The Balaban J connectivity index is 1.76. The molecule has 1 aliphatic rings. The van der Waals surface area contributed by atoms with Crippen molar-refractivity contribution in [2.75, 3.05) is 7.11 Å². The number of carbonyl (C=O) groups is 2. The van der Waals surface area contributed by atoms with Gasteiger partial charge in [-0.25, -0.2) is 9.59 Å². The fourth-order valence-electron chi connectivity index (χ4n) is 2.88. The van der Waals surface area contributed by atoms with Crippen molar-refractivity contribution in [3.05, 3.63) is 74.9 Å². The van der Waals surface area contributed by atoms with E-state index in [2.05, 4.69) is 10.6 Å². The van der Waals surface area contributed by atoms with E-state index in [0.29, 0.717) is 27.1 Å². The molecule has 1 heterocycles. The van der Waals surface area contributed by atoms with Crippen LogP contribution in [0.15, 0.2) is 53.7 Å². The van der Waals surface area contributed by atoms with Gasteiger partial charge in [0.05, 0.1) is 18.7 Å². The number of hydrogen-bond acceptors (Lipinski definition) is 4. The molecule has 28 heavy (non-hydrogen) atoms. The average molecular weight is 421 g/mol. The number of amides is 2. The van der Waals surface area contributed by atoms with Gasteiger partial charge in [-0.05, 0) is 36.8 Å². The monoisotopic (exact) mass is 420 g/mol. The molecule has 0 saturated heterocycles.